The lowest BCUT2D eigenvalue weighted by atomic mass is 10.1. The van der Waals surface area contributed by atoms with Gasteiger partial charge >= 0.3 is 0 Å². The fourth-order valence-corrected chi connectivity index (χ4v) is 2.43. The number of carbonyl (C=O) groups excluding carboxylic acids is 2. The van der Waals surface area contributed by atoms with E-state index in [1.165, 1.54) is 0 Å². The molecule has 1 atom stereocenters. The Morgan fingerprint density at radius 2 is 1.73 bits per heavy atom. The molecule has 2 rings (SSSR count). The summed E-state index contributed by atoms with van der Waals surface area (Å²) in [5, 5.41) is 5.67. The Kier molecular flexibility index (Phi) is 7.21. The van der Waals surface area contributed by atoms with Gasteiger partial charge in [-0.2, -0.15) is 0 Å². The molecular weight excluding hydrogens is 328 g/mol. The van der Waals surface area contributed by atoms with E-state index in [9.17, 15) is 9.59 Å². The molecule has 0 aromatic heterocycles. The third-order valence-electron chi connectivity index (χ3n) is 3.98. The quantitative estimate of drug-likeness (QED) is 0.755. The lowest BCUT2D eigenvalue weighted by Gasteiger charge is -2.18. The molecule has 0 fully saturated rings. The lowest BCUT2D eigenvalue weighted by molar-refractivity contribution is -0.122. The van der Waals surface area contributed by atoms with Gasteiger partial charge in [-0.1, -0.05) is 32.0 Å². The zero-order valence-corrected chi connectivity index (χ0v) is 15.5. The normalized spacial score (nSPS) is 11.5. The summed E-state index contributed by atoms with van der Waals surface area (Å²) in [6.45, 7) is 6.50. The van der Waals surface area contributed by atoms with E-state index >= 15 is 0 Å². The summed E-state index contributed by atoms with van der Waals surface area (Å²) >= 11 is 0. The van der Waals surface area contributed by atoms with E-state index in [4.69, 9.17) is 4.74 Å². The van der Waals surface area contributed by atoms with E-state index < -0.39 is 6.10 Å². The second-order valence-corrected chi connectivity index (χ2v) is 6.10. The topological polar surface area (TPSA) is 67.4 Å². The van der Waals surface area contributed by atoms with Gasteiger partial charge in [0.2, 0.25) is 0 Å². The third kappa shape index (κ3) is 5.34. The molecule has 2 N–H and O–H groups in total. The summed E-state index contributed by atoms with van der Waals surface area (Å²) in [7, 11) is 0. The zero-order valence-electron chi connectivity index (χ0n) is 15.5. The molecule has 2 aromatic rings. The van der Waals surface area contributed by atoms with Gasteiger partial charge in [0.05, 0.1) is 0 Å². The predicted molar refractivity (Wildman–Crippen MR) is 104 cm³/mol. The first kappa shape index (κ1) is 19.5. The minimum Gasteiger partial charge on any atom is -0.480 e. The van der Waals surface area contributed by atoms with Gasteiger partial charge in [0.25, 0.3) is 11.8 Å². The van der Waals surface area contributed by atoms with Crippen LogP contribution < -0.4 is 15.4 Å². The summed E-state index contributed by atoms with van der Waals surface area (Å²) in [5.74, 6) is 0.385. The highest BCUT2D eigenvalue weighted by Gasteiger charge is 2.19. The van der Waals surface area contributed by atoms with Crippen LogP contribution in [0.3, 0.4) is 0 Å². The molecule has 138 valence electrons. The van der Waals surface area contributed by atoms with Crippen molar-refractivity contribution in [2.45, 2.75) is 39.7 Å². The van der Waals surface area contributed by atoms with Crippen molar-refractivity contribution in [3.05, 3.63) is 59.7 Å². The number of benzene rings is 2. The van der Waals surface area contributed by atoms with Gasteiger partial charge in [-0.15, -0.1) is 0 Å². The van der Waals surface area contributed by atoms with Crippen molar-refractivity contribution in [3.8, 4) is 5.75 Å². The van der Waals surface area contributed by atoms with Crippen molar-refractivity contribution in [2.75, 3.05) is 11.9 Å². The number of anilines is 1. The number of amides is 2. The van der Waals surface area contributed by atoms with Crippen molar-refractivity contribution in [2.24, 2.45) is 0 Å². The smallest absolute Gasteiger partial charge is 0.265 e. The zero-order chi connectivity index (χ0) is 18.9. The highest BCUT2D eigenvalue weighted by Crippen LogP contribution is 2.19. The van der Waals surface area contributed by atoms with Crippen LogP contribution >= 0.6 is 0 Å². The SMILES string of the molecule is CCCNC(=O)c1ccc(NC(=O)C(CC)Oc2ccccc2C)cc1. The average molecular weight is 354 g/mol. The molecule has 0 saturated heterocycles. The molecular formula is C21H26N2O3. The Bertz CT molecular complexity index is 741. The van der Waals surface area contributed by atoms with Crippen molar-refractivity contribution in [1.82, 2.24) is 5.32 Å². The van der Waals surface area contributed by atoms with Gasteiger partial charge in [0.1, 0.15) is 5.75 Å². The van der Waals surface area contributed by atoms with E-state index in [1.807, 2.05) is 45.0 Å². The number of nitrogens with one attached hydrogen (secondary N) is 2. The van der Waals surface area contributed by atoms with Crippen LogP contribution in [0.5, 0.6) is 5.75 Å². The van der Waals surface area contributed by atoms with Gasteiger partial charge in [-0.05, 0) is 55.7 Å². The van der Waals surface area contributed by atoms with Crippen LogP contribution in [0.4, 0.5) is 5.69 Å². The van der Waals surface area contributed by atoms with Crippen LogP contribution in [-0.4, -0.2) is 24.5 Å². The molecule has 0 aliphatic carbocycles. The lowest BCUT2D eigenvalue weighted by Crippen LogP contribution is -2.32. The summed E-state index contributed by atoms with van der Waals surface area (Å²) in [6.07, 6.45) is 0.861. The Hall–Kier alpha value is -2.82. The molecule has 26 heavy (non-hydrogen) atoms. The first-order valence-electron chi connectivity index (χ1n) is 8.96. The minimum atomic E-state index is -0.580. The summed E-state index contributed by atoms with van der Waals surface area (Å²) < 4.78 is 5.86. The largest absolute Gasteiger partial charge is 0.480 e. The molecule has 0 aliphatic rings. The Labute approximate surface area is 154 Å². The number of hydrogen-bond acceptors (Lipinski definition) is 3. The van der Waals surface area contributed by atoms with Crippen LogP contribution in [0, 0.1) is 6.92 Å². The van der Waals surface area contributed by atoms with Crippen molar-refractivity contribution in [3.63, 3.8) is 0 Å². The number of para-hydroxylation sites is 1. The van der Waals surface area contributed by atoms with Gasteiger partial charge in [-0.3, -0.25) is 9.59 Å². The number of hydrogen-bond donors (Lipinski definition) is 2. The standard InChI is InChI=1S/C21H26N2O3/c1-4-14-22-20(24)16-10-12-17(13-11-16)23-21(25)18(5-2)26-19-9-7-6-8-15(19)3/h6-13,18H,4-5,14H2,1-3H3,(H,22,24)(H,23,25). The maximum atomic E-state index is 12.5. The van der Waals surface area contributed by atoms with E-state index in [0.29, 0.717) is 30.0 Å². The molecule has 1 unspecified atom stereocenters. The maximum Gasteiger partial charge on any atom is 0.265 e. The van der Waals surface area contributed by atoms with E-state index in [-0.39, 0.29) is 11.8 Å². The van der Waals surface area contributed by atoms with E-state index in [0.717, 1.165) is 12.0 Å². The monoisotopic (exact) mass is 354 g/mol. The van der Waals surface area contributed by atoms with Crippen LogP contribution in [-0.2, 0) is 4.79 Å². The van der Waals surface area contributed by atoms with Crippen molar-refractivity contribution >= 4 is 17.5 Å². The highest BCUT2D eigenvalue weighted by molar-refractivity contribution is 5.97. The molecule has 2 aromatic carbocycles. The molecule has 0 spiro atoms. The van der Waals surface area contributed by atoms with Crippen LogP contribution in [0.15, 0.2) is 48.5 Å². The van der Waals surface area contributed by atoms with E-state index in [1.54, 1.807) is 24.3 Å². The molecule has 0 aliphatic heterocycles. The van der Waals surface area contributed by atoms with Gasteiger partial charge in [0, 0.05) is 17.8 Å². The fraction of sp³-hybridized carbons (Fsp3) is 0.333. The fourth-order valence-electron chi connectivity index (χ4n) is 2.43. The summed E-state index contributed by atoms with van der Waals surface area (Å²) in [4.78, 5) is 24.4. The molecule has 0 bridgehead atoms. The predicted octanol–water partition coefficient (Wildman–Crippen LogP) is 3.93. The van der Waals surface area contributed by atoms with Crippen molar-refractivity contribution < 1.29 is 14.3 Å². The molecule has 5 nitrogen and oxygen atoms in total. The summed E-state index contributed by atoms with van der Waals surface area (Å²) in [6, 6.07) is 14.5. The Morgan fingerprint density at radius 3 is 2.35 bits per heavy atom. The molecule has 0 heterocycles. The van der Waals surface area contributed by atoms with Crippen molar-refractivity contribution in [1.29, 1.82) is 0 Å². The van der Waals surface area contributed by atoms with Crippen LogP contribution in [0.1, 0.15) is 42.6 Å². The van der Waals surface area contributed by atoms with Gasteiger partial charge in [0.15, 0.2) is 6.10 Å². The molecule has 5 heteroatoms. The Balaban J connectivity index is 1.99. The number of ether oxygens (including phenoxy) is 1. The first-order valence-corrected chi connectivity index (χ1v) is 8.96. The molecule has 0 radical (unpaired) electrons. The van der Waals surface area contributed by atoms with E-state index in [2.05, 4.69) is 10.6 Å². The first-order chi connectivity index (χ1) is 12.5. The maximum absolute atomic E-state index is 12.5. The van der Waals surface area contributed by atoms with Crippen LogP contribution in [0.25, 0.3) is 0 Å². The number of rotatable bonds is 8. The number of aryl methyl sites for hydroxylation is 1. The number of carbonyl (C=O) groups is 2. The molecule has 2 amide bonds. The Morgan fingerprint density at radius 1 is 1.04 bits per heavy atom. The second-order valence-electron chi connectivity index (χ2n) is 6.10. The minimum absolute atomic E-state index is 0.112. The second kappa shape index (κ2) is 9.61. The molecule has 0 saturated carbocycles. The van der Waals surface area contributed by atoms with Crippen LogP contribution in [0.2, 0.25) is 0 Å². The van der Waals surface area contributed by atoms with Gasteiger partial charge < -0.3 is 15.4 Å². The third-order valence-corrected chi connectivity index (χ3v) is 3.98. The average Bonchev–Trinajstić information content (AvgIpc) is 2.66. The highest BCUT2D eigenvalue weighted by atomic mass is 16.5. The summed E-state index contributed by atoms with van der Waals surface area (Å²) in [5.41, 5.74) is 2.19. The van der Waals surface area contributed by atoms with Gasteiger partial charge in [-0.25, -0.2) is 0 Å².